The van der Waals surface area contributed by atoms with Crippen LogP contribution in [0.5, 0.6) is 11.5 Å². The van der Waals surface area contributed by atoms with Crippen molar-refractivity contribution in [2.24, 2.45) is 5.41 Å². The lowest BCUT2D eigenvalue weighted by atomic mass is 9.94. The molecule has 9 heteroatoms. The number of anilines is 1. The molecule has 1 unspecified atom stereocenters. The second-order valence-corrected chi connectivity index (χ2v) is 8.88. The van der Waals surface area contributed by atoms with Gasteiger partial charge in [-0.3, -0.25) is 9.59 Å². The number of carbonyl (C=O) groups excluding carboxylic acids is 2. The SMILES string of the molecule is CC(C)(C)C(=O)N1CCCC1c1nnc(C(=O)Nc2ccc3c(c2)OCO3)s1. The van der Waals surface area contributed by atoms with E-state index < -0.39 is 5.41 Å². The van der Waals surface area contributed by atoms with Crippen molar-refractivity contribution in [2.45, 2.75) is 39.7 Å². The zero-order valence-electron chi connectivity index (χ0n) is 16.0. The number of hydrogen-bond donors (Lipinski definition) is 1. The molecule has 8 nitrogen and oxygen atoms in total. The van der Waals surface area contributed by atoms with E-state index in [1.54, 1.807) is 18.2 Å². The van der Waals surface area contributed by atoms with Gasteiger partial charge in [-0.1, -0.05) is 32.1 Å². The molecule has 1 aromatic heterocycles. The lowest BCUT2D eigenvalue weighted by molar-refractivity contribution is -0.140. The number of benzene rings is 1. The lowest BCUT2D eigenvalue weighted by Crippen LogP contribution is -2.38. The van der Waals surface area contributed by atoms with Gasteiger partial charge in [0.05, 0.1) is 6.04 Å². The Balaban J connectivity index is 1.48. The van der Waals surface area contributed by atoms with Crippen LogP contribution in [0.25, 0.3) is 0 Å². The van der Waals surface area contributed by atoms with Crippen LogP contribution in [0.3, 0.4) is 0 Å². The number of rotatable bonds is 3. The minimum Gasteiger partial charge on any atom is -0.454 e. The smallest absolute Gasteiger partial charge is 0.286 e. The largest absolute Gasteiger partial charge is 0.454 e. The minimum atomic E-state index is -0.452. The predicted octanol–water partition coefficient (Wildman–Crippen LogP) is 3.23. The van der Waals surface area contributed by atoms with Gasteiger partial charge in [0.1, 0.15) is 5.01 Å². The van der Waals surface area contributed by atoms with Gasteiger partial charge in [-0.05, 0) is 25.0 Å². The molecule has 148 valence electrons. The molecule has 2 aliphatic rings. The first kappa shape index (κ1) is 18.7. The molecule has 0 spiro atoms. The third-order valence-electron chi connectivity index (χ3n) is 4.71. The van der Waals surface area contributed by atoms with E-state index in [-0.39, 0.29) is 29.7 Å². The summed E-state index contributed by atoms with van der Waals surface area (Å²) in [5.74, 6) is 1.00. The number of amides is 2. The molecule has 28 heavy (non-hydrogen) atoms. The van der Waals surface area contributed by atoms with Crippen LogP contribution in [0.2, 0.25) is 0 Å². The van der Waals surface area contributed by atoms with Crippen molar-refractivity contribution in [1.82, 2.24) is 15.1 Å². The Morgan fingerprint density at radius 3 is 2.79 bits per heavy atom. The molecule has 1 atom stereocenters. The van der Waals surface area contributed by atoms with E-state index in [1.165, 1.54) is 11.3 Å². The van der Waals surface area contributed by atoms with Crippen molar-refractivity contribution in [2.75, 3.05) is 18.7 Å². The second-order valence-electron chi connectivity index (χ2n) is 7.87. The fourth-order valence-electron chi connectivity index (χ4n) is 3.32. The lowest BCUT2D eigenvalue weighted by Gasteiger charge is -2.29. The van der Waals surface area contributed by atoms with Gasteiger partial charge in [0, 0.05) is 23.7 Å². The highest BCUT2D eigenvalue weighted by molar-refractivity contribution is 7.13. The quantitative estimate of drug-likeness (QED) is 0.847. The normalized spacial score (nSPS) is 18.4. The van der Waals surface area contributed by atoms with E-state index >= 15 is 0 Å². The summed E-state index contributed by atoms with van der Waals surface area (Å²) in [6, 6.07) is 5.09. The van der Waals surface area contributed by atoms with E-state index in [9.17, 15) is 9.59 Å². The number of nitrogens with one attached hydrogen (secondary N) is 1. The summed E-state index contributed by atoms with van der Waals surface area (Å²) in [4.78, 5) is 27.1. The van der Waals surface area contributed by atoms with Crippen molar-refractivity contribution in [3.05, 3.63) is 28.2 Å². The molecule has 0 radical (unpaired) electrons. The molecule has 0 aliphatic carbocycles. The number of fused-ring (bicyclic) bond motifs is 1. The van der Waals surface area contributed by atoms with Crippen molar-refractivity contribution in [1.29, 1.82) is 0 Å². The van der Waals surface area contributed by atoms with Crippen molar-refractivity contribution < 1.29 is 19.1 Å². The third-order valence-corrected chi connectivity index (χ3v) is 5.73. The van der Waals surface area contributed by atoms with Crippen LogP contribution in [0.1, 0.15) is 54.5 Å². The van der Waals surface area contributed by atoms with E-state index in [2.05, 4.69) is 15.5 Å². The van der Waals surface area contributed by atoms with Gasteiger partial charge in [-0.2, -0.15) is 0 Å². The summed E-state index contributed by atoms with van der Waals surface area (Å²) in [6.45, 7) is 6.62. The van der Waals surface area contributed by atoms with Gasteiger partial charge in [-0.15, -0.1) is 10.2 Å². The van der Waals surface area contributed by atoms with Crippen LogP contribution in [-0.4, -0.2) is 40.2 Å². The molecule has 2 amide bonds. The molecular weight excluding hydrogens is 380 g/mol. The number of hydrogen-bond acceptors (Lipinski definition) is 7. The van der Waals surface area contributed by atoms with Crippen molar-refractivity contribution >= 4 is 28.8 Å². The Kier molecular flexibility index (Phi) is 4.70. The average Bonchev–Trinajstić information content (AvgIpc) is 3.38. The van der Waals surface area contributed by atoms with E-state index in [0.29, 0.717) is 28.7 Å². The summed E-state index contributed by atoms with van der Waals surface area (Å²) in [7, 11) is 0. The average molecular weight is 402 g/mol. The van der Waals surface area contributed by atoms with Crippen molar-refractivity contribution in [3.63, 3.8) is 0 Å². The first-order valence-electron chi connectivity index (χ1n) is 9.18. The number of aromatic nitrogens is 2. The minimum absolute atomic E-state index is 0.0940. The molecule has 3 heterocycles. The Labute approximate surface area is 166 Å². The van der Waals surface area contributed by atoms with Gasteiger partial charge in [0.25, 0.3) is 5.91 Å². The molecule has 1 N–H and O–H groups in total. The summed E-state index contributed by atoms with van der Waals surface area (Å²) >= 11 is 1.23. The highest BCUT2D eigenvalue weighted by Crippen LogP contribution is 2.37. The maximum atomic E-state index is 12.7. The molecule has 1 fully saturated rings. The van der Waals surface area contributed by atoms with Crippen molar-refractivity contribution in [3.8, 4) is 11.5 Å². The second kappa shape index (κ2) is 7.05. The Bertz CT molecular complexity index is 921. The number of carbonyl (C=O) groups is 2. The summed E-state index contributed by atoms with van der Waals surface area (Å²) in [5, 5.41) is 12.0. The van der Waals surface area contributed by atoms with Crippen LogP contribution in [-0.2, 0) is 4.79 Å². The Hall–Kier alpha value is -2.68. The van der Waals surface area contributed by atoms with E-state index in [0.717, 1.165) is 12.8 Å². The summed E-state index contributed by atoms with van der Waals surface area (Å²) in [6.07, 6.45) is 1.75. The van der Waals surface area contributed by atoms with Crippen LogP contribution in [0.4, 0.5) is 5.69 Å². The molecular formula is C19H22N4O4S. The molecule has 2 aliphatic heterocycles. The first-order valence-corrected chi connectivity index (χ1v) is 10.00. The van der Waals surface area contributed by atoms with Crippen LogP contribution in [0.15, 0.2) is 18.2 Å². The number of likely N-dealkylation sites (tertiary alicyclic amines) is 1. The van der Waals surface area contributed by atoms with Crippen LogP contribution >= 0.6 is 11.3 Å². The van der Waals surface area contributed by atoms with Gasteiger partial charge >= 0.3 is 0 Å². The maximum Gasteiger partial charge on any atom is 0.286 e. The standard InChI is InChI=1S/C19H22N4O4S/c1-19(2,3)18(25)23-8-4-5-12(23)16-21-22-17(28-16)15(24)20-11-6-7-13-14(9-11)27-10-26-13/h6-7,9,12H,4-5,8,10H2,1-3H3,(H,20,24). The van der Waals surface area contributed by atoms with Gasteiger partial charge in [-0.25, -0.2) is 0 Å². The molecule has 2 aromatic rings. The predicted molar refractivity (Wildman–Crippen MR) is 104 cm³/mol. The van der Waals surface area contributed by atoms with Gasteiger partial charge < -0.3 is 19.7 Å². The summed E-state index contributed by atoms with van der Waals surface area (Å²) in [5.41, 5.74) is 0.142. The van der Waals surface area contributed by atoms with Crippen LogP contribution < -0.4 is 14.8 Å². The molecule has 0 bridgehead atoms. The third kappa shape index (κ3) is 3.54. The molecule has 1 aromatic carbocycles. The monoisotopic (exact) mass is 402 g/mol. The molecule has 1 saturated heterocycles. The number of nitrogens with zero attached hydrogens (tertiary/aromatic N) is 3. The van der Waals surface area contributed by atoms with E-state index in [4.69, 9.17) is 9.47 Å². The zero-order valence-corrected chi connectivity index (χ0v) is 16.8. The van der Waals surface area contributed by atoms with Gasteiger partial charge in [0.15, 0.2) is 11.5 Å². The topological polar surface area (TPSA) is 93.7 Å². The highest BCUT2D eigenvalue weighted by Gasteiger charge is 2.37. The first-order chi connectivity index (χ1) is 13.3. The summed E-state index contributed by atoms with van der Waals surface area (Å²) < 4.78 is 10.6. The molecule has 0 saturated carbocycles. The Morgan fingerprint density at radius 2 is 2.00 bits per heavy atom. The Morgan fingerprint density at radius 1 is 1.21 bits per heavy atom. The maximum absolute atomic E-state index is 12.7. The molecule has 4 rings (SSSR count). The van der Waals surface area contributed by atoms with E-state index in [1.807, 2.05) is 25.7 Å². The number of ether oxygens (including phenoxy) is 2. The fourth-order valence-corrected chi connectivity index (χ4v) is 4.20. The zero-order chi connectivity index (χ0) is 19.9. The highest BCUT2D eigenvalue weighted by atomic mass is 32.1. The fraction of sp³-hybridized carbons (Fsp3) is 0.474. The van der Waals surface area contributed by atoms with Crippen LogP contribution in [0, 0.1) is 5.41 Å². The van der Waals surface area contributed by atoms with Gasteiger partial charge in [0.2, 0.25) is 17.7 Å².